The normalized spacial score (nSPS) is 19.8. The van der Waals surface area contributed by atoms with Gasteiger partial charge in [-0.2, -0.15) is 0 Å². The molecule has 7 nitrogen and oxygen atoms in total. The van der Waals surface area contributed by atoms with Crippen LogP contribution in [0.1, 0.15) is 56.6 Å². The molecule has 1 fully saturated rings. The molecular formula is C26H30N2O5. The summed E-state index contributed by atoms with van der Waals surface area (Å²) in [5.74, 6) is -1.72. The van der Waals surface area contributed by atoms with Gasteiger partial charge < -0.3 is 20.5 Å². The number of carbonyl (C=O) groups excluding carboxylic acids is 2. The highest BCUT2D eigenvalue weighted by atomic mass is 16.5. The minimum absolute atomic E-state index is 0.00807. The van der Waals surface area contributed by atoms with Crippen molar-refractivity contribution in [3.05, 3.63) is 59.7 Å². The van der Waals surface area contributed by atoms with Crippen molar-refractivity contribution in [2.45, 2.75) is 57.0 Å². The first kappa shape index (κ1) is 22.8. The van der Waals surface area contributed by atoms with Crippen molar-refractivity contribution in [3.8, 4) is 11.1 Å². The van der Waals surface area contributed by atoms with Gasteiger partial charge in [0.05, 0.1) is 0 Å². The van der Waals surface area contributed by atoms with Crippen LogP contribution < -0.4 is 10.6 Å². The molecule has 4 rings (SSSR count). The van der Waals surface area contributed by atoms with Gasteiger partial charge in [0.1, 0.15) is 12.1 Å². The van der Waals surface area contributed by atoms with Gasteiger partial charge in [-0.1, -0.05) is 55.0 Å². The number of hydrogen-bond donors (Lipinski definition) is 3. The van der Waals surface area contributed by atoms with Crippen LogP contribution in [0.2, 0.25) is 0 Å². The van der Waals surface area contributed by atoms with Gasteiger partial charge in [0, 0.05) is 17.9 Å². The summed E-state index contributed by atoms with van der Waals surface area (Å²) in [4.78, 5) is 36.4. The number of rotatable bonds is 6. The van der Waals surface area contributed by atoms with Gasteiger partial charge in [-0.25, -0.2) is 9.59 Å². The van der Waals surface area contributed by atoms with Crippen molar-refractivity contribution in [2.24, 2.45) is 5.92 Å². The molecule has 33 heavy (non-hydrogen) atoms. The molecule has 2 amide bonds. The van der Waals surface area contributed by atoms with Crippen molar-refractivity contribution in [1.29, 1.82) is 0 Å². The molecule has 0 radical (unpaired) electrons. The Balaban J connectivity index is 1.33. The number of alkyl carbamates (subject to hydrolysis) is 1. The van der Waals surface area contributed by atoms with Crippen molar-refractivity contribution < 1.29 is 24.2 Å². The highest BCUT2D eigenvalue weighted by molar-refractivity contribution is 5.87. The third-order valence-electron chi connectivity index (χ3n) is 6.68. The van der Waals surface area contributed by atoms with Crippen LogP contribution in [-0.4, -0.2) is 41.3 Å². The molecule has 2 aromatic rings. The van der Waals surface area contributed by atoms with Gasteiger partial charge >= 0.3 is 12.1 Å². The predicted molar refractivity (Wildman–Crippen MR) is 124 cm³/mol. The number of aliphatic carboxylic acids is 1. The molecule has 0 bridgehead atoms. The molecule has 7 heteroatoms. The molecule has 0 heterocycles. The molecule has 0 saturated heterocycles. The van der Waals surface area contributed by atoms with Gasteiger partial charge in [-0.05, 0) is 55.4 Å². The van der Waals surface area contributed by atoms with E-state index in [1.807, 2.05) is 24.3 Å². The molecule has 2 aliphatic carbocycles. The summed E-state index contributed by atoms with van der Waals surface area (Å²) in [6.45, 7) is 3.16. The Labute approximate surface area is 193 Å². The smallest absolute Gasteiger partial charge is 0.407 e. The molecule has 0 aliphatic heterocycles. The molecule has 1 saturated carbocycles. The van der Waals surface area contributed by atoms with E-state index < -0.39 is 17.6 Å². The zero-order valence-corrected chi connectivity index (χ0v) is 19.0. The number of ether oxygens (including phenoxy) is 1. The number of fused-ring (bicyclic) bond motifs is 3. The number of hydrogen-bond acceptors (Lipinski definition) is 4. The molecule has 174 valence electrons. The summed E-state index contributed by atoms with van der Waals surface area (Å²) in [7, 11) is 0. The number of nitrogens with one attached hydrogen (secondary N) is 2. The summed E-state index contributed by atoms with van der Waals surface area (Å²) in [6.07, 6.45) is 2.18. The van der Waals surface area contributed by atoms with E-state index in [-0.39, 0.29) is 30.4 Å². The second-order valence-electron chi connectivity index (χ2n) is 9.45. The Bertz CT molecular complexity index is 1020. The van der Waals surface area contributed by atoms with E-state index in [1.165, 1.54) is 25.0 Å². The molecule has 2 atom stereocenters. The second kappa shape index (κ2) is 9.25. The highest BCUT2D eigenvalue weighted by Crippen LogP contribution is 2.44. The number of amides is 2. The molecule has 0 spiro atoms. The lowest BCUT2D eigenvalue weighted by molar-refractivity contribution is -0.146. The van der Waals surface area contributed by atoms with Gasteiger partial charge in [0.15, 0.2) is 0 Å². The number of benzene rings is 2. The molecule has 0 aromatic heterocycles. The lowest BCUT2D eigenvalue weighted by atomic mass is 9.84. The lowest BCUT2D eigenvalue weighted by Gasteiger charge is -2.31. The van der Waals surface area contributed by atoms with Crippen LogP contribution in [0.15, 0.2) is 48.5 Å². The SMILES string of the molecule is CC(C)(NC(=O)[C@@H]1CCC[C@H](NC(=O)OCC2c3ccccc3-c3ccccc32)C1)C(=O)O. The molecule has 3 N–H and O–H groups in total. The average Bonchev–Trinajstić information content (AvgIpc) is 3.11. The molecular weight excluding hydrogens is 420 g/mol. The number of carboxylic acid groups (broad SMARTS) is 1. The van der Waals surface area contributed by atoms with Crippen LogP contribution >= 0.6 is 0 Å². The van der Waals surface area contributed by atoms with E-state index in [2.05, 4.69) is 34.9 Å². The third kappa shape index (κ3) is 4.87. The summed E-state index contributed by atoms with van der Waals surface area (Å²) >= 11 is 0. The fourth-order valence-electron chi connectivity index (χ4n) is 4.83. The summed E-state index contributed by atoms with van der Waals surface area (Å²) in [6, 6.07) is 16.2. The first-order chi connectivity index (χ1) is 15.8. The monoisotopic (exact) mass is 450 g/mol. The third-order valence-corrected chi connectivity index (χ3v) is 6.68. The van der Waals surface area contributed by atoms with Crippen molar-refractivity contribution in [3.63, 3.8) is 0 Å². The zero-order valence-electron chi connectivity index (χ0n) is 19.0. The predicted octanol–water partition coefficient (Wildman–Crippen LogP) is 4.06. The average molecular weight is 451 g/mol. The first-order valence-electron chi connectivity index (χ1n) is 11.4. The van der Waals surface area contributed by atoms with Gasteiger partial charge in [-0.15, -0.1) is 0 Å². The summed E-state index contributed by atoms with van der Waals surface area (Å²) in [5, 5.41) is 14.7. The van der Waals surface area contributed by atoms with Crippen LogP contribution in [0.25, 0.3) is 11.1 Å². The maximum absolute atomic E-state index is 12.6. The Hall–Kier alpha value is -3.35. The van der Waals surface area contributed by atoms with E-state index >= 15 is 0 Å². The van der Waals surface area contributed by atoms with Gasteiger partial charge in [-0.3, -0.25) is 4.79 Å². The fraction of sp³-hybridized carbons (Fsp3) is 0.423. The Morgan fingerprint density at radius 1 is 1.00 bits per heavy atom. The summed E-state index contributed by atoms with van der Waals surface area (Å²) < 4.78 is 5.62. The van der Waals surface area contributed by atoms with Crippen molar-refractivity contribution in [1.82, 2.24) is 10.6 Å². The maximum atomic E-state index is 12.6. The van der Waals surface area contributed by atoms with Crippen molar-refractivity contribution >= 4 is 18.0 Å². The van der Waals surface area contributed by atoms with Crippen molar-refractivity contribution in [2.75, 3.05) is 6.61 Å². The topological polar surface area (TPSA) is 105 Å². The largest absolute Gasteiger partial charge is 0.480 e. The van der Waals surface area contributed by atoms with E-state index in [9.17, 15) is 19.5 Å². The van der Waals surface area contributed by atoms with Crippen LogP contribution in [0, 0.1) is 5.92 Å². The van der Waals surface area contributed by atoms with E-state index in [1.54, 1.807) is 0 Å². The number of carboxylic acids is 1. The van der Waals surface area contributed by atoms with Gasteiger partial charge in [0.25, 0.3) is 0 Å². The Morgan fingerprint density at radius 3 is 2.21 bits per heavy atom. The second-order valence-corrected chi connectivity index (χ2v) is 9.45. The lowest BCUT2D eigenvalue weighted by Crippen LogP contribution is -2.53. The van der Waals surface area contributed by atoms with E-state index in [0.717, 1.165) is 24.0 Å². The molecule has 2 aliphatic rings. The van der Waals surface area contributed by atoms with Crippen LogP contribution in [0.5, 0.6) is 0 Å². The van der Waals surface area contributed by atoms with Crippen LogP contribution in [0.4, 0.5) is 4.79 Å². The minimum atomic E-state index is -1.33. The standard InChI is InChI=1S/C26H30N2O5/c1-26(2,24(30)31)28-23(29)16-8-7-9-17(14-16)27-25(32)33-15-22-20-12-5-3-10-18(20)19-11-4-6-13-21(19)22/h3-6,10-13,16-17,22H,7-9,14-15H2,1-2H3,(H,27,32)(H,28,29)(H,30,31)/t16-,17+/m1/s1. The Kier molecular flexibility index (Phi) is 6.40. The molecule has 2 aromatic carbocycles. The van der Waals surface area contributed by atoms with Gasteiger partial charge in [0.2, 0.25) is 5.91 Å². The quantitative estimate of drug-likeness (QED) is 0.616. The van der Waals surface area contributed by atoms with Crippen LogP contribution in [0.3, 0.4) is 0 Å². The zero-order chi connectivity index (χ0) is 23.6. The molecule has 0 unspecified atom stereocenters. The van der Waals surface area contributed by atoms with E-state index in [0.29, 0.717) is 12.8 Å². The number of carbonyl (C=O) groups is 3. The van der Waals surface area contributed by atoms with E-state index in [4.69, 9.17) is 4.74 Å². The summed E-state index contributed by atoms with van der Waals surface area (Å²) in [5.41, 5.74) is 3.33. The fourth-order valence-corrected chi connectivity index (χ4v) is 4.83. The Morgan fingerprint density at radius 2 is 1.61 bits per heavy atom. The minimum Gasteiger partial charge on any atom is -0.480 e. The van der Waals surface area contributed by atoms with Crippen LogP contribution in [-0.2, 0) is 14.3 Å². The highest BCUT2D eigenvalue weighted by Gasteiger charge is 2.35. The first-order valence-corrected chi connectivity index (χ1v) is 11.4. The maximum Gasteiger partial charge on any atom is 0.407 e.